The lowest BCUT2D eigenvalue weighted by Gasteiger charge is -2.12. The molecule has 2 rings (SSSR count). The maximum absolute atomic E-state index is 12.4. The third kappa shape index (κ3) is 9.29. The van der Waals surface area contributed by atoms with E-state index in [0.29, 0.717) is 25.3 Å². The molecule has 0 saturated carbocycles. The summed E-state index contributed by atoms with van der Waals surface area (Å²) in [5.41, 5.74) is 2.00. The fourth-order valence-corrected chi connectivity index (χ4v) is 3.78. The molecule has 2 aromatic rings. The van der Waals surface area contributed by atoms with Crippen LogP contribution in [0, 0.1) is 0 Å². The number of benzene rings is 1. The fraction of sp³-hybridized carbons (Fsp3) is 0.556. The molecule has 0 radical (unpaired) electrons. The van der Waals surface area contributed by atoms with Crippen molar-refractivity contribution in [3.63, 3.8) is 0 Å². The zero-order chi connectivity index (χ0) is 23.0. The van der Waals surface area contributed by atoms with Gasteiger partial charge >= 0.3 is 0 Å². The van der Waals surface area contributed by atoms with Crippen molar-refractivity contribution in [2.75, 3.05) is 13.7 Å². The first-order valence-corrected chi connectivity index (χ1v) is 12.2. The SMILES string of the molecule is CCCCCCCCCCOc1ccc(CC(=O)NCc2cccc[n+]2CC)cc1OC. The number of unbranched alkanes of at least 4 members (excludes halogenated alkanes) is 7. The molecule has 0 bridgehead atoms. The summed E-state index contributed by atoms with van der Waals surface area (Å²) < 4.78 is 13.6. The number of pyridine rings is 1. The number of nitrogens with one attached hydrogen (secondary N) is 1. The summed E-state index contributed by atoms with van der Waals surface area (Å²) in [4.78, 5) is 12.4. The van der Waals surface area contributed by atoms with Crippen molar-refractivity contribution in [3.8, 4) is 11.5 Å². The largest absolute Gasteiger partial charge is 0.493 e. The van der Waals surface area contributed by atoms with Crippen molar-refractivity contribution in [2.45, 2.75) is 84.7 Å². The Balaban J connectivity index is 1.74. The van der Waals surface area contributed by atoms with Crippen LogP contribution in [0.4, 0.5) is 0 Å². The van der Waals surface area contributed by atoms with Gasteiger partial charge in [-0.15, -0.1) is 0 Å². The molecule has 0 fully saturated rings. The first-order chi connectivity index (χ1) is 15.7. The number of aryl methyl sites for hydroxylation is 1. The highest BCUT2D eigenvalue weighted by Gasteiger charge is 2.12. The van der Waals surface area contributed by atoms with E-state index >= 15 is 0 Å². The molecule has 0 atom stereocenters. The molecule has 176 valence electrons. The van der Waals surface area contributed by atoms with Gasteiger partial charge in [0.25, 0.3) is 0 Å². The standard InChI is InChI=1S/C27H40N2O3/c1-4-6-7-8-9-10-11-14-19-32-25-17-16-23(20-26(25)31-3)21-27(30)28-22-24-15-12-13-18-29(24)5-2/h12-13,15-18,20H,4-11,14,19,21-22H2,1-3H3/p+1. The van der Waals surface area contributed by atoms with Crippen molar-refractivity contribution in [1.82, 2.24) is 5.32 Å². The molecule has 0 saturated heterocycles. The number of aromatic nitrogens is 1. The number of hydrogen-bond donors (Lipinski definition) is 1. The molecule has 5 nitrogen and oxygen atoms in total. The minimum atomic E-state index is -0.00818. The molecule has 1 aromatic carbocycles. The Labute approximate surface area is 194 Å². The highest BCUT2D eigenvalue weighted by atomic mass is 16.5. The van der Waals surface area contributed by atoms with E-state index in [1.54, 1.807) is 7.11 Å². The van der Waals surface area contributed by atoms with Gasteiger partial charge in [0.1, 0.15) is 13.1 Å². The van der Waals surface area contributed by atoms with Gasteiger partial charge in [-0.05, 0) is 31.0 Å². The number of hydrogen-bond acceptors (Lipinski definition) is 3. The van der Waals surface area contributed by atoms with Crippen LogP contribution >= 0.6 is 0 Å². The smallest absolute Gasteiger partial charge is 0.224 e. The molecule has 0 aliphatic carbocycles. The van der Waals surface area contributed by atoms with E-state index < -0.39 is 0 Å². The van der Waals surface area contributed by atoms with Crippen LogP contribution in [0.1, 0.15) is 76.5 Å². The zero-order valence-electron chi connectivity index (χ0n) is 20.2. The third-order valence-electron chi connectivity index (χ3n) is 5.69. The fourth-order valence-electron chi connectivity index (χ4n) is 3.78. The first kappa shape index (κ1) is 25.7. The monoisotopic (exact) mass is 441 g/mol. The van der Waals surface area contributed by atoms with Crippen molar-refractivity contribution < 1.29 is 18.8 Å². The third-order valence-corrected chi connectivity index (χ3v) is 5.69. The van der Waals surface area contributed by atoms with Crippen molar-refractivity contribution in [1.29, 1.82) is 0 Å². The van der Waals surface area contributed by atoms with Gasteiger partial charge in [0.2, 0.25) is 11.6 Å². The zero-order valence-corrected chi connectivity index (χ0v) is 20.2. The molecule has 0 spiro atoms. The number of ether oxygens (including phenoxy) is 2. The first-order valence-electron chi connectivity index (χ1n) is 12.2. The predicted octanol–water partition coefficient (Wildman–Crippen LogP) is 5.38. The average molecular weight is 442 g/mol. The van der Waals surface area contributed by atoms with Gasteiger partial charge in [-0.1, -0.05) is 64.0 Å². The minimum Gasteiger partial charge on any atom is -0.493 e. The van der Waals surface area contributed by atoms with E-state index in [9.17, 15) is 4.79 Å². The molecular weight excluding hydrogens is 400 g/mol. The molecule has 1 heterocycles. The Morgan fingerprint density at radius 1 is 0.938 bits per heavy atom. The Bertz CT molecular complexity index is 807. The highest BCUT2D eigenvalue weighted by Crippen LogP contribution is 2.28. The van der Waals surface area contributed by atoms with Crippen LogP contribution in [0.25, 0.3) is 0 Å². The molecule has 1 amide bonds. The van der Waals surface area contributed by atoms with E-state index in [1.165, 1.54) is 44.9 Å². The second-order valence-electron chi connectivity index (χ2n) is 8.24. The second-order valence-corrected chi connectivity index (χ2v) is 8.24. The summed E-state index contributed by atoms with van der Waals surface area (Å²) in [7, 11) is 1.64. The molecular formula is C27H41N2O3+. The van der Waals surface area contributed by atoms with Crippen molar-refractivity contribution in [2.24, 2.45) is 0 Å². The molecule has 32 heavy (non-hydrogen) atoms. The van der Waals surface area contributed by atoms with E-state index in [2.05, 4.69) is 23.7 Å². The van der Waals surface area contributed by atoms with E-state index in [1.807, 2.05) is 42.6 Å². The quantitative estimate of drug-likeness (QED) is 0.281. The van der Waals surface area contributed by atoms with Gasteiger partial charge in [0.15, 0.2) is 17.7 Å². The maximum Gasteiger partial charge on any atom is 0.224 e. The molecule has 0 unspecified atom stereocenters. The normalized spacial score (nSPS) is 10.7. The van der Waals surface area contributed by atoms with Crippen LogP contribution < -0.4 is 19.4 Å². The van der Waals surface area contributed by atoms with Crippen molar-refractivity contribution >= 4 is 5.91 Å². The number of methoxy groups -OCH3 is 1. The van der Waals surface area contributed by atoms with E-state index in [4.69, 9.17) is 9.47 Å². The summed E-state index contributed by atoms with van der Waals surface area (Å²) in [6.07, 6.45) is 12.6. The lowest BCUT2D eigenvalue weighted by molar-refractivity contribution is -0.701. The van der Waals surface area contributed by atoms with E-state index in [0.717, 1.165) is 30.0 Å². The van der Waals surface area contributed by atoms with Crippen LogP contribution in [0.2, 0.25) is 0 Å². The second kappa shape index (κ2) is 15.3. The Morgan fingerprint density at radius 2 is 1.69 bits per heavy atom. The molecule has 5 heteroatoms. The summed E-state index contributed by atoms with van der Waals surface area (Å²) in [5, 5.41) is 3.01. The lowest BCUT2D eigenvalue weighted by Crippen LogP contribution is -2.40. The van der Waals surface area contributed by atoms with Crippen LogP contribution in [-0.4, -0.2) is 19.6 Å². The molecule has 1 N–H and O–H groups in total. The summed E-state index contributed by atoms with van der Waals surface area (Å²) in [6, 6.07) is 11.8. The maximum atomic E-state index is 12.4. The van der Waals surface area contributed by atoms with Crippen LogP contribution in [0.15, 0.2) is 42.6 Å². The van der Waals surface area contributed by atoms with Gasteiger partial charge in [-0.2, -0.15) is 0 Å². The van der Waals surface area contributed by atoms with Crippen LogP contribution in [0.3, 0.4) is 0 Å². The summed E-state index contributed by atoms with van der Waals surface area (Å²) in [5.74, 6) is 1.42. The van der Waals surface area contributed by atoms with Gasteiger partial charge in [-0.3, -0.25) is 4.79 Å². The minimum absolute atomic E-state index is 0.00818. The lowest BCUT2D eigenvalue weighted by atomic mass is 10.1. The number of nitrogens with zero attached hydrogens (tertiary/aromatic N) is 1. The number of carbonyl (C=O) groups excluding carboxylic acids is 1. The topological polar surface area (TPSA) is 51.4 Å². The average Bonchev–Trinajstić information content (AvgIpc) is 2.82. The van der Waals surface area contributed by atoms with Crippen LogP contribution in [0.5, 0.6) is 11.5 Å². The van der Waals surface area contributed by atoms with Gasteiger partial charge in [0.05, 0.1) is 20.1 Å². The van der Waals surface area contributed by atoms with Crippen molar-refractivity contribution in [3.05, 3.63) is 53.9 Å². The molecule has 1 aromatic heterocycles. The summed E-state index contributed by atoms with van der Waals surface area (Å²) >= 11 is 0. The Kier molecular flexibility index (Phi) is 12.3. The number of rotatable bonds is 16. The van der Waals surface area contributed by atoms with Gasteiger partial charge in [-0.25, -0.2) is 4.57 Å². The Hall–Kier alpha value is -2.56. The summed E-state index contributed by atoms with van der Waals surface area (Å²) in [6.45, 7) is 6.43. The predicted molar refractivity (Wildman–Crippen MR) is 129 cm³/mol. The molecule has 0 aliphatic rings. The van der Waals surface area contributed by atoms with Crippen LogP contribution in [-0.2, 0) is 24.3 Å². The van der Waals surface area contributed by atoms with E-state index in [-0.39, 0.29) is 5.91 Å². The molecule has 0 aliphatic heterocycles. The number of carbonyl (C=O) groups is 1. The highest BCUT2D eigenvalue weighted by molar-refractivity contribution is 5.78. The number of amides is 1. The van der Waals surface area contributed by atoms with Gasteiger partial charge in [0, 0.05) is 12.1 Å². The van der Waals surface area contributed by atoms with Gasteiger partial charge < -0.3 is 14.8 Å². The Morgan fingerprint density at radius 3 is 2.41 bits per heavy atom.